The van der Waals surface area contributed by atoms with Gasteiger partial charge in [0.2, 0.25) is 0 Å². The molecule has 0 aromatic rings. The van der Waals surface area contributed by atoms with Crippen LogP contribution in [0.3, 0.4) is 0 Å². The molecule has 0 aromatic carbocycles. The summed E-state index contributed by atoms with van der Waals surface area (Å²) in [5.74, 6) is 1.43. The molecule has 0 radical (unpaired) electrons. The van der Waals surface area contributed by atoms with E-state index in [9.17, 15) is 10.2 Å². The van der Waals surface area contributed by atoms with Gasteiger partial charge in [0.1, 0.15) is 31.4 Å². The van der Waals surface area contributed by atoms with Crippen molar-refractivity contribution in [3.8, 4) is 0 Å². The molecule has 64 valence electrons. The molecule has 1 aliphatic carbocycles. The summed E-state index contributed by atoms with van der Waals surface area (Å²) < 4.78 is 0. The van der Waals surface area contributed by atoms with E-state index in [0.29, 0.717) is 11.6 Å². The van der Waals surface area contributed by atoms with Crippen molar-refractivity contribution in [2.75, 3.05) is 0 Å². The predicted molar refractivity (Wildman–Crippen MR) is 61.2 cm³/mol. The van der Waals surface area contributed by atoms with Crippen molar-refractivity contribution in [2.24, 2.45) is 0 Å². The quantitative estimate of drug-likeness (QED) is 0.363. The molecule has 0 heterocycles. The standard InChI is InChI=1S/C6H16B4O2/c7-1-2(8)4(10)6(12)5(11)3(1)9/h1-6,11-12H,7-10H2. The maximum atomic E-state index is 9.65. The van der Waals surface area contributed by atoms with Gasteiger partial charge in [0.25, 0.3) is 0 Å². The van der Waals surface area contributed by atoms with Gasteiger partial charge < -0.3 is 10.2 Å². The van der Waals surface area contributed by atoms with E-state index in [-0.39, 0.29) is 11.6 Å². The summed E-state index contributed by atoms with van der Waals surface area (Å²) in [7, 11) is 8.34. The molecule has 0 aromatic heterocycles. The fourth-order valence-electron chi connectivity index (χ4n) is 2.20. The monoisotopic (exact) mass is 164 g/mol. The Morgan fingerprint density at radius 1 is 0.583 bits per heavy atom. The molecule has 1 rings (SSSR count). The Bertz CT molecular complexity index is 109. The van der Waals surface area contributed by atoms with E-state index in [4.69, 9.17) is 0 Å². The second-order valence-corrected chi connectivity index (χ2v) is 4.42. The lowest BCUT2D eigenvalue weighted by Gasteiger charge is -2.44. The molecule has 0 amide bonds. The van der Waals surface area contributed by atoms with Gasteiger partial charge in [-0.1, -0.05) is 11.6 Å². The molecule has 0 spiro atoms. The molecule has 2 N–H and O–H groups in total. The van der Waals surface area contributed by atoms with Crippen molar-refractivity contribution >= 4 is 31.4 Å². The summed E-state index contributed by atoms with van der Waals surface area (Å²) in [4.78, 5) is 0. The van der Waals surface area contributed by atoms with E-state index in [1.165, 1.54) is 0 Å². The van der Waals surface area contributed by atoms with Gasteiger partial charge in [0, 0.05) is 0 Å². The van der Waals surface area contributed by atoms with Crippen LogP contribution >= 0.6 is 0 Å². The summed E-state index contributed by atoms with van der Waals surface area (Å²) in [5.41, 5.74) is 0. The third kappa shape index (κ3) is 1.47. The molecule has 6 heteroatoms. The largest absolute Gasteiger partial charge is 0.391 e. The highest BCUT2D eigenvalue weighted by atomic mass is 16.3. The van der Waals surface area contributed by atoms with Gasteiger partial charge >= 0.3 is 0 Å². The molecular weight excluding hydrogens is 147 g/mol. The molecule has 6 atom stereocenters. The summed E-state index contributed by atoms with van der Waals surface area (Å²) >= 11 is 0. The molecule has 12 heavy (non-hydrogen) atoms. The van der Waals surface area contributed by atoms with Crippen molar-refractivity contribution in [3.63, 3.8) is 0 Å². The van der Waals surface area contributed by atoms with E-state index in [1.807, 2.05) is 15.7 Å². The van der Waals surface area contributed by atoms with E-state index in [0.717, 1.165) is 0 Å². The molecule has 1 saturated carbocycles. The molecule has 0 saturated heterocycles. The third-order valence-electron chi connectivity index (χ3n) is 3.92. The molecule has 0 bridgehead atoms. The van der Waals surface area contributed by atoms with E-state index in [1.54, 1.807) is 0 Å². The molecule has 6 unspecified atom stereocenters. The van der Waals surface area contributed by atoms with Gasteiger partial charge in [-0.05, 0) is 11.6 Å². The van der Waals surface area contributed by atoms with Crippen LogP contribution in [0.1, 0.15) is 0 Å². The second kappa shape index (κ2) is 3.51. The lowest BCUT2D eigenvalue weighted by molar-refractivity contribution is -0.00624. The highest BCUT2D eigenvalue weighted by Crippen LogP contribution is 2.46. The lowest BCUT2D eigenvalue weighted by Crippen LogP contribution is -2.44. The first kappa shape index (κ1) is 10.3. The minimum Gasteiger partial charge on any atom is -0.391 e. The Balaban J connectivity index is 2.76. The Kier molecular flexibility index (Phi) is 3.00. The Hall–Kier alpha value is 0.180. The van der Waals surface area contributed by atoms with Crippen LogP contribution in [0.4, 0.5) is 0 Å². The van der Waals surface area contributed by atoms with Gasteiger partial charge in [-0.25, -0.2) is 0 Å². The van der Waals surface area contributed by atoms with Crippen LogP contribution < -0.4 is 0 Å². The van der Waals surface area contributed by atoms with Crippen molar-refractivity contribution in [3.05, 3.63) is 0 Å². The first-order valence-corrected chi connectivity index (χ1v) is 4.83. The third-order valence-corrected chi connectivity index (χ3v) is 3.92. The van der Waals surface area contributed by atoms with Crippen LogP contribution in [0.25, 0.3) is 0 Å². The Morgan fingerprint density at radius 2 is 0.833 bits per heavy atom. The van der Waals surface area contributed by atoms with Crippen LogP contribution in [0, 0.1) is 0 Å². The lowest BCUT2D eigenvalue weighted by atomic mass is 9.43. The average Bonchev–Trinajstić information content (AvgIpc) is 2.08. The number of aliphatic hydroxyl groups is 2. The second-order valence-electron chi connectivity index (χ2n) is 4.42. The summed E-state index contributed by atoms with van der Waals surface area (Å²) in [5, 5.41) is 19.3. The van der Waals surface area contributed by atoms with Gasteiger partial charge in [-0.3, -0.25) is 0 Å². The van der Waals surface area contributed by atoms with Crippen molar-refractivity contribution in [2.45, 2.75) is 35.5 Å². The molecule has 2 nitrogen and oxygen atoms in total. The van der Waals surface area contributed by atoms with Crippen molar-refractivity contribution in [1.29, 1.82) is 0 Å². The smallest absolute Gasteiger partial charge is 0.108 e. The highest BCUT2D eigenvalue weighted by Gasteiger charge is 2.40. The van der Waals surface area contributed by atoms with E-state index >= 15 is 0 Å². The SMILES string of the molecule is BC1C(B)C(B)C(O)C(O)C1B. The average molecular weight is 163 g/mol. The van der Waals surface area contributed by atoms with Gasteiger partial charge in [0.15, 0.2) is 0 Å². The Labute approximate surface area is 77.8 Å². The topological polar surface area (TPSA) is 40.5 Å². The minimum absolute atomic E-state index is 0.214. The number of hydrogen-bond acceptors (Lipinski definition) is 2. The maximum Gasteiger partial charge on any atom is 0.108 e. The molecule has 0 aliphatic heterocycles. The highest BCUT2D eigenvalue weighted by molar-refractivity contribution is 6.30. The molecule has 1 aliphatic rings. The van der Waals surface area contributed by atoms with Crippen LogP contribution in [0.15, 0.2) is 0 Å². The Morgan fingerprint density at radius 3 is 1.08 bits per heavy atom. The first-order valence-electron chi connectivity index (χ1n) is 4.83. The predicted octanol–water partition coefficient (Wildman–Crippen LogP) is -3.59. The summed E-state index contributed by atoms with van der Waals surface area (Å²) in [6.07, 6.45) is -1.07. The van der Waals surface area contributed by atoms with Crippen LogP contribution in [-0.2, 0) is 0 Å². The first-order chi connectivity index (χ1) is 5.46. The number of hydrogen-bond donors (Lipinski definition) is 2. The minimum atomic E-state index is -0.536. The van der Waals surface area contributed by atoms with Gasteiger partial charge in [-0.15, -0.1) is 0 Å². The van der Waals surface area contributed by atoms with Crippen LogP contribution in [0.5, 0.6) is 0 Å². The normalized spacial score (nSPS) is 55.2. The zero-order chi connectivity index (χ0) is 9.46. The molecule has 1 fully saturated rings. The summed E-state index contributed by atoms with van der Waals surface area (Å²) in [6, 6.07) is 0. The fraction of sp³-hybridized carbons (Fsp3) is 1.00. The fourth-order valence-corrected chi connectivity index (χ4v) is 2.20. The summed E-state index contributed by atoms with van der Waals surface area (Å²) in [6.45, 7) is 0. The zero-order valence-corrected chi connectivity index (χ0v) is 8.36. The molecular formula is C6H16B4O2. The van der Waals surface area contributed by atoms with E-state index in [2.05, 4.69) is 15.7 Å². The van der Waals surface area contributed by atoms with Gasteiger partial charge in [-0.2, -0.15) is 0 Å². The number of aliphatic hydroxyl groups excluding tert-OH is 2. The van der Waals surface area contributed by atoms with E-state index < -0.39 is 12.2 Å². The van der Waals surface area contributed by atoms with Crippen molar-refractivity contribution in [1.82, 2.24) is 0 Å². The number of rotatable bonds is 0. The maximum absolute atomic E-state index is 9.65. The van der Waals surface area contributed by atoms with Crippen molar-refractivity contribution < 1.29 is 10.2 Å². The van der Waals surface area contributed by atoms with Crippen LogP contribution in [0.2, 0.25) is 23.3 Å². The van der Waals surface area contributed by atoms with Gasteiger partial charge in [0.05, 0.1) is 12.2 Å². The zero-order valence-electron chi connectivity index (χ0n) is 8.36. The van der Waals surface area contributed by atoms with Crippen LogP contribution in [-0.4, -0.2) is 53.8 Å².